The molecule has 22 heavy (non-hydrogen) atoms. The molecule has 0 radical (unpaired) electrons. The maximum atomic E-state index is 12.5. The van der Waals surface area contributed by atoms with Crippen molar-refractivity contribution in [2.75, 3.05) is 31.9 Å². The maximum Gasteiger partial charge on any atom is 0.253 e. The molecule has 0 bridgehead atoms. The van der Waals surface area contributed by atoms with E-state index in [0.29, 0.717) is 49.6 Å². The topological polar surface area (TPSA) is 57.7 Å². The fraction of sp³-hybridized carbons (Fsp3) is 0.533. The molecule has 1 amide bonds. The minimum Gasteiger partial charge on any atom is -0.337 e. The molecule has 0 N–H and O–H groups in total. The van der Waals surface area contributed by atoms with E-state index in [2.05, 4.69) is 0 Å². The molecular weight excluding hydrogens is 324 g/mol. The number of hydrogen-bond donors (Lipinski definition) is 0. The zero-order valence-electron chi connectivity index (χ0n) is 12.7. The summed E-state index contributed by atoms with van der Waals surface area (Å²) in [6.07, 6.45) is 1.26. The number of sulfonamides is 1. The Morgan fingerprint density at radius 2 is 1.82 bits per heavy atom. The van der Waals surface area contributed by atoms with E-state index < -0.39 is 10.0 Å². The van der Waals surface area contributed by atoms with E-state index in [1.807, 2.05) is 6.92 Å². The predicted octanol–water partition coefficient (Wildman–Crippen LogP) is 2.23. The molecule has 1 aromatic rings. The van der Waals surface area contributed by atoms with Gasteiger partial charge in [-0.1, -0.05) is 18.5 Å². The molecule has 1 aliphatic heterocycles. The first kappa shape index (κ1) is 17.2. The van der Waals surface area contributed by atoms with Crippen molar-refractivity contribution in [3.63, 3.8) is 0 Å². The fourth-order valence-corrected chi connectivity index (χ4v) is 4.20. The summed E-state index contributed by atoms with van der Waals surface area (Å²) in [5.41, 5.74) is 0.578. The zero-order chi connectivity index (χ0) is 16.2. The number of benzene rings is 1. The van der Waals surface area contributed by atoms with Crippen LogP contribution >= 0.6 is 11.6 Å². The summed E-state index contributed by atoms with van der Waals surface area (Å²) in [5, 5.41) is 0.587. The molecule has 0 aromatic heterocycles. The highest BCUT2D eigenvalue weighted by molar-refractivity contribution is 7.89. The largest absolute Gasteiger partial charge is 0.337 e. The Labute approximate surface area is 136 Å². The molecule has 1 saturated heterocycles. The van der Waals surface area contributed by atoms with Crippen LogP contribution in [-0.2, 0) is 10.0 Å². The Kier molecular flexibility index (Phi) is 5.83. The molecule has 2 rings (SSSR count). The van der Waals surface area contributed by atoms with Gasteiger partial charge in [-0.05, 0) is 37.1 Å². The smallest absolute Gasteiger partial charge is 0.253 e. The van der Waals surface area contributed by atoms with Crippen LogP contribution in [0.15, 0.2) is 24.3 Å². The summed E-state index contributed by atoms with van der Waals surface area (Å²) in [7, 11) is -3.20. The van der Waals surface area contributed by atoms with Crippen LogP contribution in [0.2, 0.25) is 5.02 Å². The predicted molar refractivity (Wildman–Crippen MR) is 87.6 cm³/mol. The standard InChI is InChI=1S/C15H21ClN2O3S/c1-2-12-22(20,21)18-9-3-8-17(10-11-18)15(19)13-4-6-14(16)7-5-13/h4-7H,2-3,8-12H2,1H3. The summed E-state index contributed by atoms with van der Waals surface area (Å²) in [6, 6.07) is 6.76. The molecule has 1 aliphatic rings. The van der Waals surface area contributed by atoms with E-state index in [1.54, 1.807) is 29.2 Å². The van der Waals surface area contributed by atoms with E-state index in [9.17, 15) is 13.2 Å². The van der Waals surface area contributed by atoms with Crippen LogP contribution in [0.5, 0.6) is 0 Å². The summed E-state index contributed by atoms with van der Waals surface area (Å²) >= 11 is 5.83. The molecule has 7 heteroatoms. The lowest BCUT2D eigenvalue weighted by atomic mass is 10.2. The van der Waals surface area contributed by atoms with Gasteiger partial charge in [0.2, 0.25) is 10.0 Å². The fourth-order valence-electron chi connectivity index (χ4n) is 2.54. The van der Waals surface area contributed by atoms with E-state index >= 15 is 0 Å². The van der Waals surface area contributed by atoms with Crippen LogP contribution in [0.1, 0.15) is 30.1 Å². The number of nitrogens with zero attached hydrogens (tertiary/aromatic N) is 2. The molecule has 0 saturated carbocycles. The molecule has 0 atom stereocenters. The molecule has 122 valence electrons. The lowest BCUT2D eigenvalue weighted by molar-refractivity contribution is 0.0764. The molecule has 0 unspecified atom stereocenters. The van der Waals surface area contributed by atoms with Gasteiger partial charge in [0.05, 0.1) is 5.75 Å². The van der Waals surface area contributed by atoms with Gasteiger partial charge in [-0.25, -0.2) is 12.7 Å². The molecule has 1 aromatic carbocycles. The highest BCUT2D eigenvalue weighted by atomic mass is 35.5. The van der Waals surface area contributed by atoms with Crippen LogP contribution in [0.25, 0.3) is 0 Å². The van der Waals surface area contributed by atoms with Crippen LogP contribution in [0.4, 0.5) is 0 Å². The number of carbonyl (C=O) groups excluding carboxylic acids is 1. The molecular formula is C15H21ClN2O3S. The molecule has 1 fully saturated rings. The van der Waals surface area contributed by atoms with Gasteiger partial charge in [0.25, 0.3) is 5.91 Å². The van der Waals surface area contributed by atoms with Gasteiger partial charge < -0.3 is 4.90 Å². The minimum absolute atomic E-state index is 0.0774. The number of carbonyl (C=O) groups is 1. The lowest BCUT2D eigenvalue weighted by Crippen LogP contribution is -2.38. The second kappa shape index (κ2) is 7.44. The Balaban J connectivity index is 2.04. The Bertz CT molecular complexity index is 616. The van der Waals surface area contributed by atoms with Crippen molar-refractivity contribution < 1.29 is 13.2 Å². The van der Waals surface area contributed by atoms with E-state index in [1.165, 1.54) is 4.31 Å². The summed E-state index contributed by atoms with van der Waals surface area (Å²) < 4.78 is 25.8. The van der Waals surface area contributed by atoms with Gasteiger partial charge in [-0.15, -0.1) is 0 Å². The Morgan fingerprint density at radius 1 is 1.14 bits per heavy atom. The number of amides is 1. The van der Waals surface area contributed by atoms with Crippen molar-refractivity contribution in [1.82, 2.24) is 9.21 Å². The summed E-state index contributed by atoms with van der Waals surface area (Å²) in [5.74, 6) is 0.0874. The van der Waals surface area contributed by atoms with Crippen LogP contribution < -0.4 is 0 Å². The first-order valence-corrected chi connectivity index (χ1v) is 9.45. The van der Waals surface area contributed by atoms with Crippen LogP contribution in [0.3, 0.4) is 0 Å². The Morgan fingerprint density at radius 3 is 2.45 bits per heavy atom. The maximum absolute atomic E-state index is 12.5. The molecule has 1 heterocycles. The highest BCUT2D eigenvalue weighted by Crippen LogP contribution is 2.15. The summed E-state index contributed by atoms with van der Waals surface area (Å²) in [4.78, 5) is 14.2. The Hall–Kier alpha value is -1.11. The monoisotopic (exact) mass is 344 g/mol. The van der Waals surface area contributed by atoms with Gasteiger partial charge in [-0.2, -0.15) is 0 Å². The first-order valence-electron chi connectivity index (χ1n) is 7.46. The van der Waals surface area contributed by atoms with Gasteiger partial charge in [0, 0.05) is 36.8 Å². The molecule has 0 spiro atoms. The van der Waals surface area contributed by atoms with Gasteiger partial charge in [0.1, 0.15) is 0 Å². The van der Waals surface area contributed by atoms with Crippen LogP contribution in [-0.4, -0.2) is 55.5 Å². The number of halogens is 1. The molecule has 0 aliphatic carbocycles. The van der Waals surface area contributed by atoms with Gasteiger partial charge in [-0.3, -0.25) is 4.79 Å². The summed E-state index contributed by atoms with van der Waals surface area (Å²) in [6.45, 7) is 3.68. The van der Waals surface area contributed by atoms with E-state index in [0.717, 1.165) is 0 Å². The third kappa shape index (κ3) is 4.21. The quantitative estimate of drug-likeness (QED) is 0.841. The van der Waals surface area contributed by atoms with Gasteiger partial charge in [0.15, 0.2) is 0 Å². The van der Waals surface area contributed by atoms with Crippen molar-refractivity contribution in [1.29, 1.82) is 0 Å². The van der Waals surface area contributed by atoms with E-state index in [-0.39, 0.29) is 11.7 Å². The van der Waals surface area contributed by atoms with Crippen LogP contribution in [0, 0.1) is 0 Å². The zero-order valence-corrected chi connectivity index (χ0v) is 14.2. The SMILES string of the molecule is CCCS(=O)(=O)N1CCCN(C(=O)c2ccc(Cl)cc2)CC1. The molecule has 5 nitrogen and oxygen atoms in total. The van der Waals surface area contributed by atoms with Crippen molar-refractivity contribution >= 4 is 27.5 Å². The van der Waals surface area contributed by atoms with Gasteiger partial charge >= 0.3 is 0 Å². The highest BCUT2D eigenvalue weighted by Gasteiger charge is 2.26. The van der Waals surface area contributed by atoms with E-state index in [4.69, 9.17) is 11.6 Å². The first-order chi connectivity index (χ1) is 10.4. The van der Waals surface area contributed by atoms with Crippen molar-refractivity contribution in [3.05, 3.63) is 34.9 Å². The van der Waals surface area contributed by atoms with Crippen molar-refractivity contribution in [3.8, 4) is 0 Å². The minimum atomic E-state index is -3.20. The number of rotatable bonds is 4. The number of hydrogen-bond acceptors (Lipinski definition) is 3. The lowest BCUT2D eigenvalue weighted by Gasteiger charge is -2.22. The third-order valence-corrected chi connectivity index (χ3v) is 6.02. The second-order valence-electron chi connectivity index (χ2n) is 5.37. The normalized spacial score (nSPS) is 17.3. The second-order valence-corrected chi connectivity index (χ2v) is 7.89. The average molecular weight is 345 g/mol. The van der Waals surface area contributed by atoms with Crippen molar-refractivity contribution in [2.24, 2.45) is 0 Å². The van der Waals surface area contributed by atoms with Crippen molar-refractivity contribution in [2.45, 2.75) is 19.8 Å². The third-order valence-electron chi connectivity index (χ3n) is 3.69. The average Bonchev–Trinajstić information content (AvgIpc) is 2.73.